The van der Waals surface area contributed by atoms with Gasteiger partial charge in [-0.15, -0.1) is 0 Å². The van der Waals surface area contributed by atoms with Gasteiger partial charge in [-0.2, -0.15) is 0 Å². The molecular weight excluding hydrogens is 200 g/mol. The lowest BCUT2D eigenvalue weighted by atomic mass is 10.2. The number of pyridine rings is 1. The van der Waals surface area contributed by atoms with Crippen LogP contribution in [0.3, 0.4) is 0 Å². The quantitative estimate of drug-likeness (QED) is 0.824. The zero-order valence-electron chi connectivity index (χ0n) is 10.1. The lowest BCUT2D eigenvalue weighted by Crippen LogP contribution is -2.29. The largest absolute Gasteiger partial charge is 0.312 e. The molecular formula is C13H20N2O. The van der Waals surface area contributed by atoms with Crippen LogP contribution in [0.25, 0.3) is 0 Å². The Morgan fingerprint density at radius 3 is 2.94 bits per heavy atom. The van der Waals surface area contributed by atoms with Crippen LogP contribution in [0.2, 0.25) is 0 Å². The number of hydrogen-bond donors (Lipinski definition) is 1. The summed E-state index contributed by atoms with van der Waals surface area (Å²) < 4.78 is 1.84. The van der Waals surface area contributed by atoms with E-state index in [2.05, 4.69) is 19.2 Å². The van der Waals surface area contributed by atoms with Crippen LogP contribution in [-0.2, 0) is 6.54 Å². The first-order valence-electron chi connectivity index (χ1n) is 6.15. The van der Waals surface area contributed by atoms with Crippen LogP contribution in [0.4, 0.5) is 0 Å². The van der Waals surface area contributed by atoms with Gasteiger partial charge in [-0.25, -0.2) is 0 Å². The average Bonchev–Trinajstić information content (AvgIpc) is 3.10. The van der Waals surface area contributed by atoms with Crippen LogP contribution in [0.5, 0.6) is 0 Å². The molecule has 0 aromatic carbocycles. The maximum atomic E-state index is 12.1. The van der Waals surface area contributed by atoms with Crippen molar-refractivity contribution in [3.05, 3.63) is 34.2 Å². The highest BCUT2D eigenvalue weighted by atomic mass is 16.1. The summed E-state index contributed by atoms with van der Waals surface area (Å²) in [6, 6.07) is 4.83. The van der Waals surface area contributed by atoms with Crippen molar-refractivity contribution in [2.45, 2.75) is 51.7 Å². The maximum absolute atomic E-state index is 12.1. The molecule has 0 radical (unpaired) electrons. The van der Waals surface area contributed by atoms with Gasteiger partial charge >= 0.3 is 0 Å². The van der Waals surface area contributed by atoms with E-state index < -0.39 is 0 Å². The molecule has 0 bridgehead atoms. The first-order valence-corrected chi connectivity index (χ1v) is 6.15. The van der Waals surface area contributed by atoms with Crippen molar-refractivity contribution < 1.29 is 0 Å². The lowest BCUT2D eigenvalue weighted by Gasteiger charge is -2.14. The fourth-order valence-corrected chi connectivity index (χ4v) is 1.78. The van der Waals surface area contributed by atoms with Gasteiger partial charge in [0, 0.05) is 30.4 Å². The van der Waals surface area contributed by atoms with Gasteiger partial charge in [-0.3, -0.25) is 4.79 Å². The summed E-state index contributed by atoms with van der Waals surface area (Å²) in [5, 5.41) is 3.38. The Bertz CT molecular complexity index is 407. The van der Waals surface area contributed by atoms with E-state index in [4.69, 9.17) is 0 Å². The van der Waals surface area contributed by atoms with E-state index in [0.717, 1.165) is 12.0 Å². The second-order valence-corrected chi connectivity index (χ2v) is 4.66. The van der Waals surface area contributed by atoms with Crippen molar-refractivity contribution in [3.63, 3.8) is 0 Å². The Kier molecular flexibility index (Phi) is 3.44. The normalized spacial score (nSPS) is 17.4. The molecule has 1 aliphatic rings. The molecule has 1 aromatic heterocycles. The van der Waals surface area contributed by atoms with Crippen molar-refractivity contribution >= 4 is 0 Å². The van der Waals surface area contributed by atoms with Crippen molar-refractivity contribution in [3.8, 4) is 0 Å². The third-order valence-electron chi connectivity index (χ3n) is 3.28. The molecule has 0 aliphatic heterocycles. The van der Waals surface area contributed by atoms with E-state index in [1.807, 2.05) is 22.9 Å². The van der Waals surface area contributed by atoms with Gasteiger partial charge in [0.05, 0.1) is 0 Å². The molecule has 0 amide bonds. The third-order valence-corrected chi connectivity index (χ3v) is 3.28. The summed E-state index contributed by atoms with van der Waals surface area (Å²) in [5.41, 5.74) is 1.04. The lowest BCUT2D eigenvalue weighted by molar-refractivity contribution is 0.508. The topological polar surface area (TPSA) is 34.0 Å². The van der Waals surface area contributed by atoms with Crippen molar-refractivity contribution in [2.75, 3.05) is 0 Å². The standard InChI is InChI=1S/C13H20N2O/c1-3-10(2)15-8-4-5-11(13(15)16)9-14-12-6-7-12/h4-5,8,10,12,14H,3,6-7,9H2,1-2H3. The molecule has 1 saturated carbocycles. The van der Waals surface area contributed by atoms with Crippen LogP contribution in [0, 0.1) is 0 Å². The minimum absolute atomic E-state index is 0.157. The Morgan fingerprint density at radius 2 is 2.31 bits per heavy atom. The fraction of sp³-hybridized carbons (Fsp3) is 0.615. The molecule has 0 saturated heterocycles. The summed E-state index contributed by atoms with van der Waals surface area (Å²) in [5.74, 6) is 0. The molecule has 2 rings (SSSR count). The van der Waals surface area contributed by atoms with E-state index in [0.29, 0.717) is 12.6 Å². The fourth-order valence-electron chi connectivity index (χ4n) is 1.78. The molecule has 3 heteroatoms. The molecule has 1 N–H and O–H groups in total. The molecule has 88 valence electrons. The monoisotopic (exact) mass is 220 g/mol. The molecule has 1 heterocycles. The van der Waals surface area contributed by atoms with E-state index in [1.165, 1.54) is 12.8 Å². The average molecular weight is 220 g/mol. The zero-order valence-corrected chi connectivity index (χ0v) is 10.1. The Hall–Kier alpha value is -1.09. The predicted octanol–water partition coefficient (Wildman–Crippen LogP) is 2.07. The molecule has 1 atom stereocenters. The van der Waals surface area contributed by atoms with E-state index in [9.17, 15) is 4.79 Å². The van der Waals surface area contributed by atoms with E-state index in [1.54, 1.807) is 0 Å². The van der Waals surface area contributed by atoms with Gasteiger partial charge in [0.25, 0.3) is 5.56 Å². The number of aromatic nitrogens is 1. The molecule has 0 spiro atoms. The van der Waals surface area contributed by atoms with Gasteiger partial charge in [0.2, 0.25) is 0 Å². The van der Waals surface area contributed by atoms with Crippen LogP contribution >= 0.6 is 0 Å². The second-order valence-electron chi connectivity index (χ2n) is 4.66. The molecule has 3 nitrogen and oxygen atoms in total. The van der Waals surface area contributed by atoms with Crippen LogP contribution in [-0.4, -0.2) is 10.6 Å². The predicted molar refractivity (Wildman–Crippen MR) is 65.6 cm³/mol. The second kappa shape index (κ2) is 4.83. The maximum Gasteiger partial charge on any atom is 0.255 e. The van der Waals surface area contributed by atoms with Gasteiger partial charge in [0.1, 0.15) is 0 Å². The van der Waals surface area contributed by atoms with E-state index >= 15 is 0 Å². The SMILES string of the molecule is CCC(C)n1cccc(CNC2CC2)c1=O. The highest BCUT2D eigenvalue weighted by Gasteiger charge is 2.20. The highest BCUT2D eigenvalue weighted by Crippen LogP contribution is 2.18. The molecule has 1 aliphatic carbocycles. The minimum atomic E-state index is 0.157. The number of nitrogens with one attached hydrogen (secondary N) is 1. The van der Waals surface area contributed by atoms with Crippen LogP contribution in [0.15, 0.2) is 23.1 Å². The number of nitrogens with zero attached hydrogens (tertiary/aromatic N) is 1. The summed E-state index contributed by atoms with van der Waals surface area (Å²) in [7, 11) is 0. The summed E-state index contributed by atoms with van der Waals surface area (Å²) in [6.45, 7) is 4.90. The summed E-state index contributed by atoms with van der Waals surface area (Å²) >= 11 is 0. The van der Waals surface area contributed by atoms with Crippen molar-refractivity contribution in [1.82, 2.24) is 9.88 Å². The number of rotatable bonds is 5. The minimum Gasteiger partial charge on any atom is -0.312 e. The molecule has 1 aromatic rings. The first-order chi connectivity index (χ1) is 7.72. The van der Waals surface area contributed by atoms with Crippen molar-refractivity contribution in [1.29, 1.82) is 0 Å². The Morgan fingerprint density at radius 1 is 1.56 bits per heavy atom. The Balaban J connectivity index is 2.14. The molecule has 16 heavy (non-hydrogen) atoms. The van der Waals surface area contributed by atoms with Crippen LogP contribution in [0.1, 0.15) is 44.7 Å². The Labute approximate surface area is 96.5 Å². The molecule has 1 fully saturated rings. The first kappa shape index (κ1) is 11.4. The van der Waals surface area contributed by atoms with Crippen molar-refractivity contribution in [2.24, 2.45) is 0 Å². The third kappa shape index (κ3) is 2.53. The smallest absolute Gasteiger partial charge is 0.255 e. The van der Waals surface area contributed by atoms with Gasteiger partial charge in [-0.05, 0) is 32.3 Å². The summed E-state index contributed by atoms with van der Waals surface area (Å²) in [6.07, 6.45) is 5.38. The summed E-state index contributed by atoms with van der Waals surface area (Å²) in [4.78, 5) is 12.1. The van der Waals surface area contributed by atoms with E-state index in [-0.39, 0.29) is 11.6 Å². The molecule has 1 unspecified atom stereocenters. The zero-order chi connectivity index (χ0) is 11.5. The van der Waals surface area contributed by atoms with Gasteiger partial charge in [0.15, 0.2) is 0 Å². The van der Waals surface area contributed by atoms with Gasteiger partial charge < -0.3 is 9.88 Å². The van der Waals surface area contributed by atoms with Gasteiger partial charge in [-0.1, -0.05) is 13.0 Å². The highest BCUT2D eigenvalue weighted by molar-refractivity contribution is 5.11. The number of hydrogen-bond acceptors (Lipinski definition) is 2. The van der Waals surface area contributed by atoms with Crippen LogP contribution < -0.4 is 10.9 Å².